The van der Waals surface area contributed by atoms with Crippen molar-refractivity contribution in [2.75, 3.05) is 26.8 Å². The first-order chi connectivity index (χ1) is 10.6. The Kier molecular flexibility index (Phi) is 3.81. The van der Waals surface area contributed by atoms with E-state index in [1.165, 1.54) is 31.5 Å². The van der Waals surface area contributed by atoms with Gasteiger partial charge in [0.25, 0.3) is 0 Å². The number of aromatic nitrogens is 2. The fraction of sp³-hybridized carbons (Fsp3) is 0.824. The van der Waals surface area contributed by atoms with Crippen molar-refractivity contribution < 1.29 is 4.74 Å². The summed E-state index contributed by atoms with van der Waals surface area (Å²) in [7, 11) is 1.81. The number of hydrogen-bond donors (Lipinski definition) is 0. The Bertz CT molecular complexity index is 558. The minimum Gasteiger partial charge on any atom is -0.383 e. The number of fused-ring (bicyclic) bond motifs is 1. The molecule has 0 bridgehead atoms. The van der Waals surface area contributed by atoms with Gasteiger partial charge in [0.15, 0.2) is 0 Å². The number of methoxy groups -OCH3 is 1. The van der Waals surface area contributed by atoms with Crippen LogP contribution in [0.5, 0.6) is 0 Å². The van der Waals surface area contributed by atoms with E-state index in [1.54, 1.807) is 0 Å². The molecule has 4 nitrogen and oxygen atoms in total. The summed E-state index contributed by atoms with van der Waals surface area (Å²) >= 11 is 2.35. The molecular weight excluding hydrogens is 389 g/mol. The van der Waals surface area contributed by atoms with Crippen molar-refractivity contribution in [2.24, 2.45) is 11.8 Å². The van der Waals surface area contributed by atoms with Crippen LogP contribution >= 0.6 is 22.6 Å². The van der Waals surface area contributed by atoms with Crippen molar-refractivity contribution in [3.05, 3.63) is 15.5 Å². The van der Waals surface area contributed by atoms with Gasteiger partial charge in [-0.3, -0.25) is 9.58 Å². The van der Waals surface area contributed by atoms with Crippen LogP contribution in [0.4, 0.5) is 0 Å². The molecular formula is C17H26IN3O. The minimum absolute atomic E-state index is 0.468. The summed E-state index contributed by atoms with van der Waals surface area (Å²) in [5.41, 5.74) is 2.02. The van der Waals surface area contributed by atoms with Crippen molar-refractivity contribution in [2.45, 2.75) is 50.6 Å². The summed E-state index contributed by atoms with van der Waals surface area (Å²) in [4.78, 5) is 2.68. The van der Waals surface area contributed by atoms with Gasteiger partial charge in [0.1, 0.15) is 3.70 Å². The molecule has 1 aromatic heterocycles. The van der Waals surface area contributed by atoms with Gasteiger partial charge >= 0.3 is 0 Å². The maximum absolute atomic E-state index is 5.27. The van der Waals surface area contributed by atoms with Gasteiger partial charge in [-0.1, -0.05) is 0 Å². The molecule has 1 aromatic rings. The lowest BCUT2D eigenvalue weighted by Crippen LogP contribution is -2.59. The second kappa shape index (κ2) is 5.45. The molecule has 1 aliphatic heterocycles. The molecule has 2 heterocycles. The fourth-order valence-corrected chi connectivity index (χ4v) is 5.59. The second-order valence-electron chi connectivity index (χ2n) is 7.65. The van der Waals surface area contributed by atoms with E-state index in [9.17, 15) is 0 Å². The van der Waals surface area contributed by atoms with Gasteiger partial charge < -0.3 is 4.74 Å². The molecule has 2 saturated carbocycles. The van der Waals surface area contributed by atoms with Crippen molar-refractivity contribution >= 4 is 22.6 Å². The predicted molar refractivity (Wildman–Crippen MR) is 95.1 cm³/mol. The highest BCUT2D eigenvalue weighted by atomic mass is 127. The lowest BCUT2D eigenvalue weighted by Gasteiger charge is -2.52. The predicted octanol–water partition coefficient (Wildman–Crippen LogP) is 3.28. The van der Waals surface area contributed by atoms with Crippen molar-refractivity contribution in [1.29, 1.82) is 0 Å². The van der Waals surface area contributed by atoms with Gasteiger partial charge in [0.05, 0.1) is 6.61 Å². The van der Waals surface area contributed by atoms with Crippen LogP contribution in [0, 0.1) is 15.5 Å². The summed E-state index contributed by atoms with van der Waals surface area (Å²) in [5.74, 6) is 2.57. The zero-order valence-corrected chi connectivity index (χ0v) is 15.9. The van der Waals surface area contributed by atoms with E-state index in [0.717, 1.165) is 34.6 Å². The SMILES string of the molecule is COCCN1CCC12C[C@@H]1C(c3cc(I)nn3C(C)C)[C@@H]1C2. The molecule has 0 radical (unpaired) electrons. The van der Waals surface area contributed by atoms with Gasteiger partial charge in [-0.2, -0.15) is 5.10 Å². The van der Waals surface area contributed by atoms with Crippen LogP contribution < -0.4 is 0 Å². The monoisotopic (exact) mass is 415 g/mol. The van der Waals surface area contributed by atoms with E-state index >= 15 is 0 Å². The number of halogens is 1. The summed E-state index contributed by atoms with van der Waals surface area (Å²) in [6.07, 6.45) is 4.19. The Hall–Kier alpha value is -0.140. The van der Waals surface area contributed by atoms with Crippen LogP contribution in [0.15, 0.2) is 6.07 Å². The van der Waals surface area contributed by atoms with E-state index in [1.807, 2.05) is 7.11 Å². The van der Waals surface area contributed by atoms with E-state index in [0.29, 0.717) is 11.6 Å². The molecule has 1 saturated heterocycles. The number of nitrogens with zero attached hydrogens (tertiary/aromatic N) is 3. The molecule has 1 spiro atoms. The van der Waals surface area contributed by atoms with Gasteiger partial charge in [0, 0.05) is 43.4 Å². The standard InChI is InChI=1S/C17H26IN3O/c1-11(2)21-14(8-15(18)19-21)16-12-9-17(10-13(12)16)4-5-20(17)6-7-22-3/h8,11-13,16H,4-7,9-10H2,1-3H3/t12-,13+,16?,17?. The van der Waals surface area contributed by atoms with Crippen molar-refractivity contribution in [1.82, 2.24) is 14.7 Å². The molecule has 0 N–H and O–H groups in total. The molecule has 5 heteroatoms. The van der Waals surface area contributed by atoms with Crippen LogP contribution in [0.1, 0.15) is 50.8 Å². The van der Waals surface area contributed by atoms with Crippen LogP contribution in [0.2, 0.25) is 0 Å². The molecule has 0 aromatic carbocycles. The third kappa shape index (κ3) is 2.26. The highest BCUT2D eigenvalue weighted by molar-refractivity contribution is 14.1. The first kappa shape index (κ1) is 15.4. The first-order valence-corrected chi connectivity index (χ1v) is 9.62. The zero-order valence-electron chi connectivity index (χ0n) is 13.8. The molecule has 4 atom stereocenters. The average molecular weight is 415 g/mol. The summed E-state index contributed by atoms with van der Waals surface area (Å²) < 4.78 is 8.68. The molecule has 0 amide bonds. The van der Waals surface area contributed by atoms with Crippen molar-refractivity contribution in [3.8, 4) is 0 Å². The molecule has 3 fully saturated rings. The maximum atomic E-state index is 5.27. The topological polar surface area (TPSA) is 30.3 Å². The molecule has 122 valence electrons. The highest BCUT2D eigenvalue weighted by Gasteiger charge is 2.65. The third-order valence-electron chi connectivity index (χ3n) is 6.21. The van der Waals surface area contributed by atoms with Crippen molar-refractivity contribution in [3.63, 3.8) is 0 Å². The van der Waals surface area contributed by atoms with Crippen LogP contribution in [0.25, 0.3) is 0 Å². The summed E-state index contributed by atoms with van der Waals surface area (Å²) in [6, 6.07) is 2.79. The van der Waals surface area contributed by atoms with Crippen LogP contribution in [0.3, 0.4) is 0 Å². The van der Waals surface area contributed by atoms with E-state index in [4.69, 9.17) is 9.84 Å². The normalized spacial score (nSPS) is 36.9. The quantitative estimate of drug-likeness (QED) is 0.692. The molecule has 3 aliphatic rings. The van der Waals surface area contributed by atoms with E-state index in [-0.39, 0.29) is 0 Å². The minimum atomic E-state index is 0.468. The zero-order chi connectivity index (χ0) is 15.5. The Morgan fingerprint density at radius 1 is 1.41 bits per heavy atom. The van der Waals surface area contributed by atoms with Gasteiger partial charge in [-0.15, -0.1) is 0 Å². The number of ether oxygens (including phenoxy) is 1. The smallest absolute Gasteiger partial charge is 0.123 e. The number of hydrogen-bond acceptors (Lipinski definition) is 3. The molecule has 22 heavy (non-hydrogen) atoms. The second-order valence-corrected chi connectivity index (χ2v) is 8.75. The van der Waals surface area contributed by atoms with E-state index < -0.39 is 0 Å². The lowest BCUT2D eigenvalue weighted by atomic mass is 9.78. The largest absolute Gasteiger partial charge is 0.383 e. The lowest BCUT2D eigenvalue weighted by molar-refractivity contribution is -0.0343. The highest BCUT2D eigenvalue weighted by Crippen LogP contribution is 2.69. The fourth-order valence-electron chi connectivity index (χ4n) is 5.04. The molecule has 2 unspecified atom stereocenters. The Morgan fingerprint density at radius 3 is 2.68 bits per heavy atom. The van der Waals surface area contributed by atoms with Gasteiger partial charge in [0.2, 0.25) is 0 Å². The van der Waals surface area contributed by atoms with Gasteiger partial charge in [-0.25, -0.2) is 0 Å². The average Bonchev–Trinajstić information content (AvgIpc) is 2.85. The summed E-state index contributed by atoms with van der Waals surface area (Å²) in [6.45, 7) is 7.74. The van der Waals surface area contributed by atoms with Crippen LogP contribution in [-0.2, 0) is 4.74 Å². The van der Waals surface area contributed by atoms with E-state index in [2.05, 4.69) is 52.1 Å². The van der Waals surface area contributed by atoms with Crippen LogP contribution in [-0.4, -0.2) is 47.0 Å². The Balaban J connectivity index is 1.45. The first-order valence-electron chi connectivity index (χ1n) is 8.55. The number of rotatable bonds is 5. The maximum Gasteiger partial charge on any atom is 0.123 e. The summed E-state index contributed by atoms with van der Waals surface area (Å²) in [5, 5.41) is 4.70. The molecule has 2 aliphatic carbocycles. The Labute approximate surface area is 146 Å². The van der Waals surface area contributed by atoms with Gasteiger partial charge in [-0.05, 0) is 73.6 Å². The molecule has 4 rings (SSSR count). The third-order valence-corrected chi connectivity index (χ3v) is 6.74. The number of likely N-dealkylation sites (tertiary alicyclic amines) is 1. The Morgan fingerprint density at radius 2 is 2.14 bits per heavy atom.